The van der Waals surface area contributed by atoms with Gasteiger partial charge in [-0.25, -0.2) is 0 Å². The molecule has 2 nitrogen and oxygen atoms in total. The van der Waals surface area contributed by atoms with Crippen LogP contribution in [-0.2, 0) is 0 Å². The summed E-state index contributed by atoms with van der Waals surface area (Å²) in [7, 11) is 1.65. The van der Waals surface area contributed by atoms with Crippen molar-refractivity contribution in [1.82, 2.24) is 0 Å². The molecular weight excluding hydrogens is 236 g/mol. The number of ether oxygens (including phenoxy) is 1. The highest BCUT2D eigenvalue weighted by atomic mass is 16.5. The van der Waals surface area contributed by atoms with Crippen LogP contribution in [0.3, 0.4) is 0 Å². The topological polar surface area (TPSA) is 29.5 Å². The Morgan fingerprint density at radius 2 is 1.53 bits per heavy atom. The molecule has 0 amide bonds. The molecule has 2 aromatic rings. The molecule has 1 N–H and O–H groups in total. The summed E-state index contributed by atoms with van der Waals surface area (Å²) in [5.41, 5.74) is 1.10. The van der Waals surface area contributed by atoms with Gasteiger partial charge in [0.05, 0.1) is 13.2 Å². The number of benzene rings is 2. The first kappa shape index (κ1) is 12.0. The van der Waals surface area contributed by atoms with Crippen LogP contribution in [0, 0.1) is 0 Å². The summed E-state index contributed by atoms with van der Waals surface area (Å²) in [4.78, 5) is 0. The van der Waals surface area contributed by atoms with Crippen molar-refractivity contribution in [3.8, 4) is 5.75 Å². The van der Waals surface area contributed by atoms with Crippen LogP contribution in [0.15, 0.2) is 48.5 Å². The Kier molecular flexibility index (Phi) is 3.10. The molecule has 0 aromatic heterocycles. The largest absolute Gasteiger partial charge is 0.497 e. The number of rotatable bonds is 2. The Morgan fingerprint density at radius 3 is 2.16 bits per heavy atom. The summed E-state index contributed by atoms with van der Waals surface area (Å²) in [6, 6.07) is 16.0. The summed E-state index contributed by atoms with van der Waals surface area (Å²) < 4.78 is 5.16. The lowest BCUT2D eigenvalue weighted by atomic mass is 9.88. The van der Waals surface area contributed by atoms with Crippen LogP contribution in [-0.4, -0.2) is 18.3 Å². The summed E-state index contributed by atoms with van der Waals surface area (Å²) >= 11 is 0. The third kappa shape index (κ3) is 2.27. The molecule has 1 aliphatic rings. The van der Waals surface area contributed by atoms with E-state index in [4.69, 9.17) is 4.74 Å². The van der Waals surface area contributed by atoms with Gasteiger partial charge < -0.3 is 9.84 Å². The SMILES string of the molecule is COc1ccc([C@H]2C=c3ccccc3=C[C@H]2O)cc1. The van der Waals surface area contributed by atoms with Crippen LogP contribution in [0.5, 0.6) is 5.75 Å². The van der Waals surface area contributed by atoms with Crippen molar-refractivity contribution in [2.75, 3.05) is 7.11 Å². The van der Waals surface area contributed by atoms with Crippen molar-refractivity contribution in [1.29, 1.82) is 0 Å². The van der Waals surface area contributed by atoms with E-state index < -0.39 is 6.10 Å². The van der Waals surface area contributed by atoms with Crippen LogP contribution in [0.4, 0.5) is 0 Å². The molecule has 0 bridgehead atoms. The summed E-state index contributed by atoms with van der Waals surface area (Å²) in [5, 5.41) is 12.5. The number of fused-ring (bicyclic) bond motifs is 1. The average molecular weight is 252 g/mol. The molecule has 0 spiro atoms. The number of aliphatic hydroxyl groups excluding tert-OH is 1. The fraction of sp³-hybridized carbons (Fsp3) is 0.176. The maximum Gasteiger partial charge on any atom is 0.118 e. The van der Waals surface area contributed by atoms with Gasteiger partial charge >= 0.3 is 0 Å². The number of methoxy groups -OCH3 is 1. The summed E-state index contributed by atoms with van der Waals surface area (Å²) in [6.45, 7) is 0. The van der Waals surface area contributed by atoms with Gasteiger partial charge in [0.1, 0.15) is 5.75 Å². The van der Waals surface area contributed by atoms with Crippen molar-refractivity contribution < 1.29 is 9.84 Å². The Morgan fingerprint density at radius 1 is 0.895 bits per heavy atom. The van der Waals surface area contributed by atoms with Gasteiger partial charge in [-0.2, -0.15) is 0 Å². The van der Waals surface area contributed by atoms with E-state index in [-0.39, 0.29) is 5.92 Å². The second-order valence-electron chi connectivity index (χ2n) is 4.75. The fourth-order valence-electron chi connectivity index (χ4n) is 2.51. The smallest absolute Gasteiger partial charge is 0.118 e. The minimum atomic E-state index is -0.483. The highest BCUT2D eigenvalue weighted by Gasteiger charge is 2.19. The maximum atomic E-state index is 10.3. The molecule has 1 aliphatic carbocycles. The molecule has 0 saturated carbocycles. The minimum Gasteiger partial charge on any atom is -0.497 e. The van der Waals surface area contributed by atoms with E-state index in [0.717, 1.165) is 16.5 Å². The van der Waals surface area contributed by atoms with Crippen LogP contribution >= 0.6 is 0 Å². The van der Waals surface area contributed by atoms with E-state index in [1.165, 1.54) is 5.22 Å². The fourth-order valence-corrected chi connectivity index (χ4v) is 2.51. The Bertz CT molecular complexity index is 686. The molecule has 19 heavy (non-hydrogen) atoms. The molecule has 0 unspecified atom stereocenters. The number of hydrogen-bond acceptors (Lipinski definition) is 2. The van der Waals surface area contributed by atoms with Crippen LogP contribution in [0.2, 0.25) is 0 Å². The highest BCUT2D eigenvalue weighted by Crippen LogP contribution is 2.25. The van der Waals surface area contributed by atoms with Crippen LogP contribution in [0.25, 0.3) is 12.2 Å². The van der Waals surface area contributed by atoms with Gasteiger partial charge in [-0.05, 0) is 34.2 Å². The van der Waals surface area contributed by atoms with E-state index in [9.17, 15) is 5.11 Å². The molecule has 2 aromatic carbocycles. The number of hydrogen-bond donors (Lipinski definition) is 1. The lowest BCUT2D eigenvalue weighted by Crippen LogP contribution is -2.34. The average Bonchev–Trinajstić information content (AvgIpc) is 2.47. The normalized spacial score (nSPS) is 20.9. The monoisotopic (exact) mass is 252 g/mol. The minimum absolute atomic E-state index is 0.000746. The van der Waals surface area contributed by atoms with Crippen molar-refractivity contribution in [2.24, 2.45) is 0 Å². The van der Waals surface area contributed by atoms with Crippen molar-refractivity contribution >= 4 is 12.2 Å². The zero-order valence-electron chi connectivity index (χ0n) is 10.8. The third-order valence-electron chi connectivity index (χ3n) is 3.57. The van der Waals surface area contributed by atoms with Crippen molar-refractivity contribution in [2.45, 2.75) is 12.0 Å². The van der Waals surface area contributed by atoms with Gasteiger partial charge in [-0.1, -0.05) is 42.5 Å². The standard InChI is InChI=1S/C17H16O2/c1-19-15-8-6-12(7-9-15)16-10-13-4-2-3-5-14(13)11-17(16)18/h2-11,16-18H,1H3/t16-,17-/m1/s1. The van der Waals surface area contributed by atoms with Gasteiger partial charge in [0.25, 0.3) is 0 Å². The number of aliphatic hydroxyl groups is 1. The van der Waals surface area contributed by atoms with Crippen LogP contribution in [0.1, 0.15) is 11.5 Å². The van der Waals surface area contributed by atoms with Crippen LogP contribution < -0.4 is 15.2 Å². The Labute approximate surface area is 112 Å². The predicted molar refractivity (Wildman–Crippen MR) is 76.4 cm³/mol. The van der Waals surface area contributed by atoms with Gasteiger partial charge in [-0.15, -0.1) is 0 Å². The van der Waals surface area contributed by atoms with E-state index in [2.05, 4.69) is 12.1 Å². The van der Waals surface area contributed by atoms with E-state index in [1.807, 2.05) is 48.5 Å². The third-order valence-corrected chi connectivity index (χ3v) is 3.57. The van der Waals surface area contributed by atoms with Crippen molar-refractivity contribution in [3.63, 3.8) is 0 Å². The molecular formula is C17H16O2. The zero-order valence-corrected chi connectivity index (χ0v) is 10.8. The summed E-state index contributed by atoms with van der Waals surface area (Å²) in [5.74, 6) is 0.833. The first-order chi connectivity index (χ1) is 9.28. The molecule has 3 rings (SSSR count). The first-order valence-electron chi connectivity index (χ1n) is 6.39. The molecule has 0 fully saturated rings. The van der Waals surface area contributed by atoms with Crippen molar-refractivity contribution in [3.05, 3.63) is 64.5 Å². The quantitative estimate of drug-likeness (QED) is 0.876. The summed E-state index contributed by atoms with van der Waals surface area (Å²) in [6.07, 6.45) is 3.56. The first-order valence-corrected chi connectivity index (χ1v) is 6.39. The zero-order chi connectivity index (χ0) is 13.2. The van der Waals surface area contributed by atoms with Gasteiger partial charge in [-0.3, -0.25) is 0 Å². The Balaban J connectivity index is 2.04. The lowest BCUT2D eigenvalue weighted by Gasteiger charge is -2.20. The predicted octanol–water partition coefficient (Wildman–Crippen LogP) is 1.41. The Hall–Kier alpha value is -2.06. The molecule has 2 atom stereocenters. The van der Waals surface area contributed by atoms with Gasteiger partial charge in [0, 0.05) is 5.92 Å². The second-order valence-corrected chi connectivity index (χ2v) is 4.75. The molecule has 96 valence electrons. The highest BCUT2D eigenvalue weighted by molar-refractivity contribution is 5.52. The second kappa shape index (κ2) is 4.90. The molecule has 0 heterocycles. The van der Waals surface area contributed by atoms with E-state index in [1.54, 1.807) is 7.11 Å². The molecule has 0 aliphatic heterocycles. The van der Waals surface area contributed by atoms with E-state index >= 15 is 0 Å². The van der Waals surface area contributed by atoms with Gasteiger partial charge in [0.15, 0.2) is 0 Å². The van der Waals surface area contributed by atoms with Gasteiger partial charge in [0.2, 0.25) is 0 Å². The maximum absolute atomic E-state index is 10.3. The molecule has 2 heteroatoms. The van der Waals surface area contributed by atoms with E-state index in [0.29, 0.717) is 0 Å². The molecule has 0 radical (unpaired) electrons. The lowest BCUT2D eigenvalue weighted by molar-refractivity contribution is 0.226. The molecule has 0 saturated heterocycles.